The van der Waals surface area contributed by atoms with E-state index in [0.717, 1.165) is 51.0 Å². The zero-order valence-electron chi connectivity index (χ0n) is 31.5. The number of furan rings is 1. The van der Waals surface area contributed by atoms with Gasteiger partial charge in [-0.05, 0) is 106 Å². The molecule has 3 heteroatoms. The maximum absolute atomic E-state index is 6.28. The van der Waals surface area contributed by atoms with Crippen LogP contribution in [0.25, 0.3) is 93.4 Å². The van der Waals surface area contributed by atoms with E-state index in [1.807, 2.05) is 12.1 Å². The average Bonchev–Trinajstić information content (AvgIpc) is 4.04. The van der Waals surface area contributed by atoms with E-state index in [-0.39, 0.29) is 0 Å². The number of benzene rings is 9. The van der Waals surface area contributed by atoms with Gasteiger partial charge >= 0.3 is 0 Å². The van der Waals surface area contributed by atoms with Crippen molar-refractivity contribution in [1.82, 2.24) is 4.40 Å². The lowest BCUT2D eigenvalue weighted by Gasteiger charge is -2.27. The molecule has 9 aromatic carbocycles. The highest BCUT2D eigenvalue weighted by molar-refractivity contribution is 6.25. The molecule has 0 fully saturated rings. The van der Waals surface area contributed by atoms with Gasteiger partial charge in [-0.2, -0.15) is 0 Å². The van der Waals surface area contributed by atoms with Crippen molar-refractivity contribution in [3.05, 3.63) is 205 Å². The summed E-state index contributed by atoms with van der Waals surface area (Å²) in [5.74, 6) is 0. The lowest BCUT2D eigenvalue weighted by Crippen LogP contribution is -2.11. The van der Waals surface area contributed by atoms with Crippen LogP contribution in [0.15, 0.2) is 199 Å². The summed E-state index contributed by atoms with van der Waals surface area (Å²) in [6.07, 6.45) is 1.00. The number of aromatic nitrogens is 1. The van der Waals surface area contributed by atoms with Crippen LogP contribution in [-0.4, -0.2) is 4.40 Å². The van der Waals surface area contributed by atoms with Crippen LogP contribution in [0, 0.1) is 0 Å². The second-order valence-corrected chi connectivity index (χ2v) is 15.6. The molecule has 12 aromatic rings. The van der Waals surface area contributed by atoms with Crippen LogP contribution in [0.4, 0.5) is 17.1 Å². The predicted molar refractivity (Wildman–Crippen MR) is 242 cm³/mol. The van der Waals surface area contributed by atoms with Gasteiger partial charge in [-0.25, -0.2) is 0 Å². The fourth-order valence-electron chi connectivity index (χ4n) is 9.97. The molecule has 0 saturated carbocycles. The number of para-hydroxylation sites is 4. The van der Waals surface area contributed by atoms with E-state index in [4.69, 9.17) is 4.42 Å². The maximum atomic E-state index is 6.28. The van der Waals surface area contributed by atoms with Crippen molar-refractivity contribution in [2.24, 2.45) is 0 Å². The number of nitrogens with zero attached hydrogens (tertiary/aromatic N) is 2. The molecule has 13 rings (SSSR count). The first-order valence-electron chi connectivity index (χ1n) is 20.1. The first kappa shape index (κ1) is 31.6. The highest BCUT2D eigenvalue weighted by Crippen LogP contribution is 2.47. The zero-order chi connectivity index (χ0) is 37.9. The third kappa shape index (κ3) is 4.44. The SMILES string of the molecule is c1ccc2c(c1)Cc1ccc(-c3ccc(N(c4ccc(-c5cccc6oc7ccccc7c56)cc4)c4cccc5c6cccc7c8ccccc8n(c45)c76)cc3)cc1-2. The molecular formula is C55H34N2O. The molecule has 0 radical (unpaired) electrons. The number of anilines is 3. The maximum Gasteiger partial charge on any atom is 0.136 e. The molecule has 0 spiro atoms. The van der Waals surface area contributed by atoms with Crippen molar-refractivity contribution in [3.8, 4) is 33.4 Å². The van der Waals surface area contributed by atoms with Gasteiger partial charge in [-0.15, -0.1) is 0 Å². The van der Waals surface area contributed by atoms with Crippen LogP contribution in [0.5, 0.6) is 0 Å². The molecule has 0 unspecified atom stereocenters. The lowest BCUT2D eigenvalue weighted by atomic mass is 9.98. The fraction of sp³-hybridized carbons (Fsp3) is 0.0182. The molecule has 3 nitrogen and oxygen atoms in total. The molecular weight excluding hydrogens is 705 g/mol. The molecule has 3 heterocycles. The van der Waals surface area contributed by atoms with Gasteiger partial charge in [0.05, 0.1) is 22.2 Å². The van der Waals surface area contributed by atoms with Crippen LogP contribution < -0.4 is 4.90 Å². The second kappa shape index (κ2) is 11.9. The first-order chi connectivity index (χ1) is 28.8. The first-order valence-corrected chi connectivity index (χ1v) is 20.1. The fourth-order valence-corrected chi connectivity index (χ4v) is 9.97. The Hall–Kier alpha value is -7.62. The zero-order valence-corrected chi connectivity index (χ0v) is 31.5. The Morgan fingerprint density at radius 3 is 1.83 bits per heavy atom. The number of hydrogen-bond acceptors (Lipinski definition) is 2. The van der Waals surface area contributed by atoms with Gasteiger partial charge in [-0.3, -0.25) is 0 Å². The van der Waals surface area contributed by atoms with Crippen molar-refractivity contribution in [2.45, 2.75) is 6.42 Å². The largest absolute Gasteiger partial charge is 0.456 e. The van der Waals surface area contributed by atoms with Crippen molar-refractivity contribution in [2.75, 3.05) is 4.90 Å². The van der Waals surface area contributed by atoms with E-state index < -0.39 is 0 Å². The Morgan fingerprint density at radius 1 is 0.397 bits per heavy atom. The summed E-state index contributed by atoms with van der Waals surface area (Å²) in [5.41, 5.74) is 19.1. The standard InChI is InChI=1S/C55H34N2O/c1-2-11-41-37(10-1)32-38-23-22-36(33-48(38)41)34-24-28-39(29-25-34)56(40-30-26-35(27-31-40)42-14-9-21-52-53(42)47-13-4-6-20-51(47)58-52)50-19-8-17-46-45-16-7-15-44-43-12-3-5-18-49(43)57(54(44)45)55(46)50/h1-31,33H,32H2. The Bertz CT molecular complexity index is 3590. The van der Waals surface area contributed by atoms with Gasteiger partial charge in [0.25, 0.3) is 0 Å². The number of hydrogen-bond donors (Lipinski definition) is 0. The molecule has 0 N–H and O–H groups in total. The molecule has 0 saturated heterocycles. The summed E-state index contributed by atoms with van der Waals surface area (Å²) >= 11 is 0. The minimum absolute atomic E-state index is 0.904. The minimum atomic E-state index is 0.904. The van der Waals surface area contributed by atoms with Crippen molar-refractivity contribution >= 4 is 77.1 Å². The van der Waals surface area contributed by atoms with Crippen LogP contribution in [0.3, 0.4) is 0 Å². The van der Waals surface area contributed by atoms with Gasteiger partial charge in [0, 0.05) is 43.7 Å². The quantitative estimate of drug-likeness (QED) is 0.175. The predicted octanol–water partition coefficient (Wildman–Crippen LogP) is 15.1. The van der Waals surface area contributed by atoms with E-state index in [0.29, 0.717) is 0 Å². The highest BCUT2D eigenvalue weighted by atomic mass is 16.3. The van der Waals surface area contributed by atoms with Crippen LogP contribution in [0.2, 0.25) is 0 Å². The topological polar surface area (TPSA) is 20.8 Å². The molecule has 3 aromatic heterocycles. The van der Waals surface area contributed by atoms with Crippen LogP contribution >= 0.6 is 0 Å². The summed E-state index contributed by atoms with van der Waals surface area (Å²) < 4.78 is 8.77. The minimum Gasteiger partial charge on any atom is -0.456 e. The van der Waals surface area contributed by atoms with E-state index >= 15 is 0 Å². The van der Waals surface area contributed by atoms with Crippen LogP contribution in [0.1, 0.15) is 11.1 Å². The molecule has 58 heavy (non-hydrogen) atoms. The lowest BCUT2D eigenvalue weighted by molar-refractivity contribution is 0.669. The summed E-state index contributed by atoms with van der Waals surface area (Å²) in [5, 5.41) is 7.37. The van der Waals surface area contributed by atoms with E-state index in [1.165, 1.54) is 77.0 Å². The smallest absolute Gasteiger partial charge is 0.136 e. The van der Waals surface area contributed by atoms with Crippen LogP contribution in [-0.2, 0) is 6.42 Å². The molecule has 0 atom stereocenters. The summed E-state index contributed by atoms with van der Waals surface area (Å²) in [6, 6.07) is 71.0. The third-order valence-electron chi connectivity index (χ3n) is 12.6. The number of fused-ring (bicyclic) bond motifs is 12. The molecule has 270 valence electrons. The Morgan fingerprint density at radius 2 is 0.983 bits per heavy atom. The number of rotatable bonds is 5. The molecule has 0 amide bonds. The van der Waals surface area contributed by atoms with Crippen molar-refractivity contribution in [3.63, 3.8) is 0 Å². The van der Waals surface area contributed by atoms with E-state index in [9.17, 15) is 0 Å². The third-order valence-corrected chi connectivity index (χ3v) is 12.6. The highest BCUT2D eigenvalue weighted by Gasteiger charge is 2.24. The Kier molecular flexibility index (Phi) is 6.50. The monoisotopic (exact) mass is 738 g/mol. The van der Waals surface area contributed by atoms with Crippen molar-refractivity contribution in [1.29, 1.82) is 0 Å². The molecule has 0 bridgehead atoms. The van der Waals surface area contributed by atoms with Gasteiger partial charge < -0.3 is 13.7 Å². The summed E-state index contributed by atoms with van der Waals surface area (Å²) in [7, 11) is 0. The average molecular weight is 739 g/mol. The Labute approximate surface area is 334 Å². The van der Waals surface area contributed by atoms with Crippen molar-refractivity contribution < 1.29 is 4.42 Å². The summed E-state index contributed by atoms with van der Waals surface area (Å²) in [6.45, 7) is 0. The van der Waals surface area contributed by atoms with Gasteiger partial charge in [-0.1, -0.05) is 140 Å². The Balaban J connectivity index is 1.00. The van der Waals surface area contributed by atoms with E-state index in [1.54, 1.807) is 0 Å². The molecule has 1 aliphatic rings. The molecule has 0 aliphatic heterocycles. The van der Waals surface area contributed by atoms with E-state index in [2.05, 4.69) is 191 Å². The van der Waals surface area contributed by atoms with Gasteiger partial charge in [0.1, 0.15) is 11.2 Å². The normalized spacial score (nSPS) is 12.4. The summed E-state index contributed by atoms with van der Waals surface area (Å²) in [4.78, 5) is 2.44. The second-order valence-electron chi connectivity index (χ2n) is 15.6. The van der Waals surface area contributed by atoms with Gasteiger partial charge in [0.15, 0.2) is 0 Å². The molecule has 1 aliphatic carbocycles. The van der Waals surface area contributed by atoms with Gasteiger partial charge in [0.2, 0.25) is 0 Å².